The van der Waals surface area contributed by atoms with Gasteiger partial charge in [0.15, 0.2) is 6.23 Å². The van der Waals surface area contributed by atoms with Crippen LogP contribution in [0.25, 0.3) is 0 Å². The molecule has 1 aromatic carbocycles. The summed E-state index contributed by atoms with van der Waals surface area (Å²) >= 11 is 10.7. The number of aliphatic hydroxyl groups excluding tert-OH is 2. The molecule has 3 N–H and O–H groups in total. The number of fused-ring (bicyclic) bond motifs is 1. The Labute approximate surface area is 236 Å². The van der Waals surface area contributed by atoms with Gasteiger partial charge in [0.1, 0.15) is 35.0 Å². The number of rotatable bonds is 4. The predicted molar refractivity (Wildman–Crippen MR) is 140 cm³/mol. The van der Waals surface area contributed by atoms with E-state index in [9.17, 15) is 19.6 Å². The quantitative estimate of drug-likeness (QED) is 0.324. The van der Waals surface area contributed by atoms with E-state index in [0.717, 1.165) is 6.20 Å². The van der Waals surface area contributed by atoms with Gasteiger partial charge in [0.2, 0.25) is 0 Å². The van der Waals surface area contributed by atoms with Gasteiger partial charge in [-0.05, 0) is 22.5 Å². The van der Waals surface area contributed by atoms with Gasteiger partial charge in [0, 0.05) is 11.8 Å². The first kappa shape index (κ1) is 27.5. The molecule has 2 aliphatic heterocycles. The molecule has 39 heavy (non-hydrogen) atoms. The van der Waals surface area contributed by atoms with Crippen molar-refractivity contribution < 1.29 is 44.6 Å². The van der Waals surface area contributed by atoms with Crippen molar-refractivity contribution >= 4 is 31.6 Å². The van der Waals surface area contributed by atoms with Crippen LogP contribution in [0.4, 0.5) is 8.78 Å². The number of benzene rings is 1. The zero-order chi connectivity index (χ0) is 31.1. The molecule has 0 spiro atoms. The number of halogens is 3. The standard InChI is InChI=1S/C24H30ClF2N2O8PS/c1-22(2,3)12-7-13(23(4,5)6)17-11(15(12)26)9-34-38(33,37-17)35-10-24(27)18(31)16(30)20(36-24)29-8-14(25)19(39)28-21(29)32/h7-8,16,18,20,30-31H,9-10H2,1-6H3,(H,28,32,39)/t16-,18+,20-,24-,38?/m1/s1/i10D2. The molecular weight excluding hydrogens is 581 g/mol. The van der Waals surface area contributed by atoms with Gasteiger partial charge in [0.05, 0.1) is 19.9 Å². The van der Waals surface area contributed by atoms with Gasteiger partial charge in [0.25, 0.3) is 5.85 Å². The number of alkyl halides is 1. The lowest BCUT2D eigenvalue weighted by Gasteiger charge is -2.34. The Bertz CT molecular complexity index is 1560. The van der Waals surface area contributed by atoms with Crippen molar-refractivity contribution in [3.63, 3.8) is 0 Å². The molecule has 10 nitrogen and oxygen atoms in total. The van der Waals surface area contributed by atoms with Crippen LogP contribution in [-0.2, 0) is 35.8 Å². The highest BCUT2D eigenvalue weighted by Gasteiger charge is 2.58. The van der Waals surface area contributed by atoms with Crippen molar-refractivity contribution in [2.24, 2.45) is 0 Å². The molecule has 0 radical (unpaired) electrons. The largest absolute Gasteiger partial charge is 0.530 e. The summed E-state index contributed by atoms with van der Waals surface area (Å²) in [5.41, 5.74) is -1.67. The summed E-state index contributed by atoms with van der Waals surface area (Å²) in [5, 5.41) is 20.8. The smallest absolute Gasteiger partial charge is 0.403 e. The summed E-state index contributed by atoms with van der Waals surface area (Å²) in [7, 11) is -5.06. The maximum atomic E-state index is 16.1. The van der Waals surface area contributed by atoms with Crippen molar-refractivity contribution in [2.45, 2.75) is 83.3 Å². The van der Waals surface area contributed by atoms with Gasteiger partial charge in [-0.3, -0.25) is 18.6 Å². The lowest BCUT2D eigenvalue weighted by atomic mass is 9.78. The van der Waals surface area contributed by atoms with Gasteiger partial charge >= 0.3 is 13.5 Å². The van der Waals surface area contributed by atoms with E-state index in [1.54, 1.807) is 47.6 Å². The Morgan fingerprint density at radius 1 is 1.31 bits per heavy atom. The van der Waals surface area contributed by atoms with Crippen molar-refractivity contribution in [3.05, 3.63) is 54.9 Å². The minimum absolute atomic E-state index is 0.0849. The minimum Gasteiger partial charge on any atom is -0.403 e. The number of nitrogens with zero attached hydrogens (tertiary/aromatic N) is 1. The van der Waals surface area contributed by atoms with E-state index in [4.69, 9.17) is 44.9 Å². The molecule has 216 valence electrons. The molecule has 15 heteroatoms. The zero-order valence-corrected chi connectivity index (χ0v) is 24.3. The number of phosphoric ester groups is 1. The molecule has 2 aromatic rings. The number of ether oxygens (including phenoxy) is 1. The van der Waals surface area contributed by atoms with Gasteiger partial charge < -0.3 is 19.5 Å². The third-order valence-electron chi connectivity index (χ3n) is 6.28. The van der Waals surface area contributed by atoms with Crippen LogP contribution in [-0.4, -0.2) is 44.4 Å². The lowest BCUT2D eigenvalue weighted by molar-refractivity contribution is -0.205. The number of aromatic amines is 1. The van der Waals surface area contributed by atoms with Gasteiger partial charge in [-0.15, -0.1) is 0 Å². The normalized spacial score (nSPS) is 30.4. The van der Waals surface area contributed by atoms with E-state index in [-0.39, 0.29) is 21.0 Å². The second kappa shape index (κ2) is 9.99. The molecule has 0 aliphatic carbocycles. The highest BCUT2D eigenvalue weighted by molar-refractivity contribution is 7.71. The number of aromatic nitrogens is 2. The number of aliphatic hydroxyl groups is 2. The summed E-state index contributed by atoms with van der Waals surface area (Å²) in [6.07, 6.45) is -6.02. The Morgan fingerprint density at radius 2 is 1.92 bits per heavy atom. The highest BCUT2D eigenvalue weighted by Crippen LogP contribution is 2.58. The fourth-order valence-electron chi connectivity index (χ4n) is 4.13. The fraction of sp³-hybridized carbons (Fsp3) is 0.583. The molecule has 0 amide bonds. The van der Waals surface area contributed by atoms with Crippen molar-refractivity contribution in [1.82, 2.24) is 9.55 Å². The first-order valence-corrected chi connectivity index (χ1v) is 14.0. The molecule has 2 aliphatic rings. The molecule has 0 saturated carbocycles. The maximum Gasteiger partial charge on any atom is 0.530 e. The first-order chi connectivity index (χ1) is 18.5. The summed E-state index contributed by atoms with van der Waals surface area (Å²) in [4.78, 5) is 14.5. The molecule has 0 bridgehead atoms. The average molecular weight is 613 g/mol. The van der Waals surface area contributed by atoms with E-state index in [1.807, 2.05) is 0 Å². The van der Waals surface area contributed by atoms with Crippen LogP contribution in [0.2, 0.25) is 5.02 Å². The topological polar surface area (TPSA) is 132 Å². The van der Waals surface area contributed by atoms with Gasteiger partial charge in [-0.1, -0.05) is 65.4 Å². The molecule has 3 heterocycles. The van der Waals surface area contributed by atoms with E-state index in [1.165, 1.54) is 0 Å². The first-order valence-electron chi connectivity index (χ1n) is 12.8. The summed E-state index contributed by atoms with van der Waals surface area (Å²) in [6, 6.07) is 1.55. The summed E-state index contributed by atoms with van der Waals surface area (Å²) in [5.74, 6) is -4.81. The Morgan fingerprint density at radius 3 is 2.51 bits per heavy atom. The van der Waals surface area contributed by atoms with Crippen molar-refractivity contribution in [3.8, 4) is 5.75 Å². The number of hydrogen-bond donors (Lipinski definition) is 3. The van der Waals surface area contributed by atoms with Crippen LogP contribution in [0, 0.1) is 10.5 Å². The third-order valence-corrected chi connectivity index (χ3v) is 8.17. The predicted octanol–water partition coefficient (Wildman–Crippen LogP) is 4.94. The monoisotopic (exact) mass is 612 g/mol. The van der Waals surface area contributed by atoms with Crippen LogP contribution in [0.1, 0.15) is 67.2 Å². The highest BCUT2D eigenvalue weighted by atomic mass is 35.5. The van der Waals surface area contributed by atoms with Gasteiger partial charge in [-0.2, -0.15) is 0 Å². The van der Waals surface area contributed by atoms with E-state index < -0.39 is 67.6 Å². The molecular formula is C24H30ClF2N2O8PS. The summed E-state index contributed by atoms with van der Waals surface area (Å²) in [6.45, 7) is 6.29. The van der Waals surface area contributed by atoms with Crippen LogP contribution >= 0.6 is 31.6 Å². The van der Waals surface area contributed by atoms with Crippen LogP contribution in [0.15, 0.2) is 17.1 Å². The lowest BCUT2D eigenvalue weighted by Crippen LogP contribution is -2.43. The molecule has 1 saturated heterocycles. The van der Waals surface area contributed by atoms with E-state index in [0.29, 0.717) is 15.7 Å². The number of hydrogen-bond acceptors (Lipinski definition) is 9. The van der Waals surface area contributed by atoms with Crippen molar-refractivity contribution in [1.29, 1.82) is 0 Å². The Balaban J connectivity index is 1.71. The number of phosphoric acid groups is 1. The maximum absolute atomic E-state index is 16.1. The van der Waals surface area contributed by atoms with Crippen LogP contribution in [0.5, 0.6) is 5.75 Å². The SMILES string of the molecule is [2H]C([2H])(OP1(=O)OCc2c(F)c(C(C)(C)C)cc(C(C)(C)C)c2O1)[C@@]1(F)O[C@@H](n2cc(Cl)c(=S)[nH]c2=O)[C@H](O)[C@@H]1O. The Hall–Kier alpha value is -1.70. The zero-order valence-electron chi connectivity index (χ0n) is 23.9. The van der Waals surface area contributed by atoms with E-state index in [2.05, 4.69) is 4.98 Å². The fourth-order valence-corrected chi connectivity index (χ4v) is 5.52. The molecule has 1 unspecified atom stereocenters. The Kier molecular flexibility index (Phi) is 7.03. The van der Waals surface area contributed by atoms with Gasteiger partial charge in [-0.25, -0.2) is 18.1 Å². The minimum atomic E-state index is -5.06. The van der Waals surface area contributed by atoms with Crippen molar-refractivity contribution in [2.75, 3.05) is 6.56 Å². The molecule has 5 atom stereocenters. The van der Waals surface area contributed by atoms with E-state index >= 15 is 8.78 Å². The second-order valence-electron chi connectivity index (χ2n) is 11.3. The number of H-pyrrole nitrogens is 1. The van der Waals surface area contributed by atoms with Crippen LogP contribution < -0.4 is 10.2 Å². The average Bonchev–Trinajstić information content (AvgIpc) is 3.04. The molecule has 4 rings (SSSR count). The third kappa shape index (κ3) is 5.60. The molecule has 1 aromatic heterocycles. The second-order valence-corrected chi connectivity index (χ2v) is 13.7. The number of nitrogens with one attached hydrogen (secondary N) is 1. The molecule has 1 fully saturated rings. The van der Waals surface area contributed by atoms with Crippen LogP contribution in [0.3, 0.4) is 0 Å². The summed E-state index contributed by atoms with van der Waals surface area (Å²) < 4.78 is 82.6.